The second kappa shape index (κ2) is 51.1. The van der Waals surface area contributed by atoms with Gasteiger partial charge in [0, 0.05) is 6.42 Å². The molecule has 0 aliphatic heterocycles. The van der Waals surface area contributed by atoms with Crippen molar-refractivity contribution in [3.05, 3.63) is 60.8 Å². The van der Waals surface area contributed by atoms with Gasteiger partial charge in [0.1, 0.15) is 13.2 Å². The Morgan fingerprint density at radius 2 is 0.855 bits per heavy atom. The van der Waals surface area contributed by atoms with Gasteiger partial charge in [-0.3, -0.25) is 9.36 Å². The third-order valence-corrected chi connectivity index (χ3v) is 13.9. The van der Waals surface area contributed by atoms with Crippen LogP contribution >= 0.6 is 7.82 Å². The van der Waals surface area contributed by atoms with Crippen molar-refractivity contribution in [3.63, 3.8) is 0 Å². The Morgan fingerprint density at radius 1 is 0.507 bits per heavy atom. The van der Waals surface area contributed by atoms with Gasteiger partial charge >= 0.3 is 0 Å². The second-order valence-electron chi connectivity index (χ2n) is 21.0. The highest BCUT2D eigenvalue weighted by Gasteiger charge is 2.23. The van der Waals surface area contributed by atoms with E-state index in [1.807, 2.05) is 27.2 Å². The van der Waals surface area contributed by atoms with Crippen molar-refractivity contribution in [3.8, 4) is 0 Å². The maximum Gasteiger partial charge on any atom is 0.268 e. The number of quaternary nitrogens is 1. The van der Waals surface area contributed by atoms with Gasteiger partial charge in [-0.1, -0.05) is 242 Å². The average Bonchev–Trinajstić information content (AvgIpc) is 3.31. The number of carbonyl (C=O) groups excluding carboxylic acids is 1. The molecule has 2 N–H and O–H groups in total. The molecule has 0 radical (unpaired) electrons. The lowest BCUT2D eigenvalue weighted by atomic mass is 10.0. The van der Waals surface area contributed by atoms with Gasteiger partial charge in [0.25, 0.3) is 7.82 Å². The fourth-order valence-corrected chi connectivity index (χ4v) is 9.06. The van der Waals surface area contributed by atoms with Gasteiger partial charge in [-0.05, 0) is 77.0 Å². The van der Waals surface area contributed by atoms with Crippen LogP contribution in [0.5, 0.6) is 0 Å². The van der Waals surface area contributed by atoms with Crippen molar-refractivity contribution in [1.29, 1.82) is 0 Å². The zero-order valence-electron chi connectivity index (χ0n) is 46.0. The summed E-state index contributed by atoms with van der Waals surface area (Å²) in [7, 11) is 1.24. The summed E-state index contributed by atoms with van der Waals surface area (Å²) in [5, 5.41) is 13.8. The monoisotopic (exact) mass is 989 g/mol. The van der Waals surface area contributed by atoms with Crippen LogP contribution in [0.3, 0.4) is 0 Å². The van der Waals surface area contributed by atoms with Crippen molar-refractivity contribution in [2.75, 3.05) is 40.9 Å². The number of phosphoric acid groups is 1. The first-order valence-corrected chi connectivity index (χ1v) is 30.6. The first-order valence-electron chi connectivity index (χ1n) is 29.2. The summed E-state index contributed by atoms with van der Waals surface area (Å²) in [5.41, 5.74) is 0. The molecule has 69 heavy (non-hydrogen) atoms. The topological polar surface area (TPSA) is 108 Å². The molecule has 0 saturated heterocycles. The van der Waals surface area contributed by atoms with Gasteiger partial charge in [-0.2, -0.15) is 0 Å². The molecule has 0 aliphatic carbocycles. The number of carbonyl (C=O) groups is 1. The van der Waals surface area contributed by atoms with E-state index in [0.717, 1.165) is 57.8 Å². The van der Waals surface area contributed by atoms with E-state index in [2.05, 4.69) is 67.8 Å². The Morgan fingerprint density at radius 3 is 1.28 bits per heavy atom. The van der Waals surface area contributed by atoms with Crippen LogP contribution in [0.15, 0.2) is 60.8 Å². The minimum Gasteiger partial charge on any atom is -0.756 e. The van der Waals surface area contributed by atoms with Gasteiger partial charge in [0.15, 0.2) is 0 Å². The number of hydrogen-bond donors (Lipinski definition) is 2. The summed E-state index contributed by atoms with van der Waals surface area (Å²) in [4.78, 5) is 25.4. The standard InChI is InChI=1S/C60H113N2O6P/c1-6-8-10-12-14-16-18-20-22-23-24-25-26-27-28-29-30-31-32-33-34-35-36-37-38-39-40-42-44-46-48-50-52-54-60(64)61-58(57-68-69(65,66)67-56-55-62(3,4)5)59(63)53-51-49-47-45-43-41-21-19-17-15-13-11-9-7-2/h17-20,23-24,43,45,51,53,58-59,63H,6-16,21-22,25-42,44,46-50,52,54-57H2,1-5H3,(H-,61,64,65,66)/b19-17+,20-18-,24-23-,45-43+,53-51+. The van der Waals surface area contributed by atoms with Crippen LogP contribution < -0.4 is 10.2 Å². The minimum atomic E-state index is -4.61. The maximum atomic E-state index is 12.9. The van der Waals surface area contributed by atoms with E-state index >= 15 is 0 Å². The van der Waals surface area contributed by atoms with Gasteiger partial charge in [-0.25, -0.2) is 0 Å². The SMILES string of the molecule is CCCCCC/C=C/CC/C=C/CC/C=C/C(O)C(COP(=O)([O-])OCC[N+](C)(C)C)NC(=O)CCCCCCCCCCCCCCCCCCCCCCC/C=C\C/C=C\CCCCCCC. The molecule has 0 aromatic rings. The maximum absolute atomic E-state index is 12.9. The highest BCUT2D eigenvalue weighted by atomic mass is 31.2. The highest BCUT2D eigenvalue weighted by Crippen LogP contribution is 2.38. The number of rotatable bonds is 53. The van der Waals surface area contributed by atoms with Crippen molar-refractivity contribution >= 4 is 13.7 Å². The third-order valence-electron chi connectivity index (χ3n) is 12.9. The Hall–Kier alpha value is -1.80. The van der Waals surface area contributed by atoms with E-state index in [1.54, 1.807) is 6.08 Å². The van der Waals surface area contributed by atoms with Crippen molar-refractivity contribution < 1.29 is 32.9 Å². The first kappa shape index (κ1) is 67.2. The molecule has 404 valence electrons. The molecule has 0 aromatic carbocycles. The molecule has 9 heteroatoms. The lowest BCUT2D eigenvalue weighted by Crippen LogP contribution is -2.45. The number of amides is 1. The number of aliphatic hydroxyl groups is 1. The molecule has 3 atom stereocenters. The quantitative estimate of drug-likeness (QED) is 0.0272. The zero-order chi connectivity index (χ0) is 50.6. The fraction of sp³-hybridized carbons (Fsp3) is 0.817. The summed E-state index contributed by atoms with van der Waals surface area (Å²) in [6.45, 7) is 4.60. The van der Waals surface area contributed by atoms with E-state index in [0.29, 0.717) is 17.4 Å². The van der Waals surface area contributed by atoms with Crippen LogP contribution in [0.25, 0.3) is 0 Å². The Kier molecular flexibility index (Phi) is 49.8. The molecule has 0 heterocycles. The Labute approximate surface area is 428 Å². The predicted molar refractivity (Wildman–Crippen MR) is 297 cm³/mol. The number of nitrogens with one attached hydrogen (secondary N) is 1. The number of nitrogens with zero attached hydrogens (tertiary/aromatic N) is 1. The molecule has 3 unspecified atom stereocenters. The molecule has 0 bridgehead atoms. The normalized spacial score (nSPS) is 14.4. The van der Waals surface area contributed by atoms with Crippen LogP contribution in [0.4, 0.5) is 0 Å². The van der Waals surface area contributed by atoms with Gasteiger partial charge in [0.05, 0.1) is 39.9 Å². The number of allylic oxidation sites excluding steroid dienone is 9. The number of likely N-dealkylation sites (N-methyl/N-ethyl adjacent to an activating group) is 1. The smallest absolute Gasteiger partial charge is 0.268 e. The number of phosphoric ester groups is 1. The fourth-order valence-electron chi connectivity index (χ4n) is 8.33. The number of hydrogen-bond acceptors (Lipinski definition) is 6. The number of aliphatic hydroxyl groups excluding tert-OH is 1. The van der Waals surface area contributed by atoms with Crippen LogP contribution in [0.2, 0.25) is 0 Å². The number of unbranched alkanes of at least 4 members (excludes halogenated alkanes) is 32. The summed E-state index contributed by atoms with van der Waals surface area (Å²) in [5.74, 6) is -0.210. The zero-order valence-corrected chi connectivity index (χ0v) is 46.9. The largest absolute Gasteiger partial charge is 0.756 e. The van der Waals surface area contributed by atoms with E-state index in [9.17, 15) is 19.4 Å². The molecular formula is C60H113N2O6P. The molecule has 0 saturated carbocycles. The van der Waals surface area contributed by atoms with E-state index in [-0.39, 0.29) is 12.5 Å². The molecule has 0 aromatic heterocycles. The van der Waals surface area contributed by atoms with Crippen LogP contribution in [-0.4, -0.2) is 68.5 Å². The third kappa shape index (κ3) is 53.8. The van der Waals surface area contributed by atoms with Crippen LogP contribution in [-0.2, 0) is 18.4 Å². The molecule has 1 amide bonds. The van der Waals surface area contributed by atoms with E-state index in [4.69, 9.17) is 9.05 Å². The highest BCUT2D eigenvalue weighted by molar-refractivity contribution is 7.45. The van der Waals surface area contributed by atoms with E-state index in [1.165, 1.54) is 186 Å². The minimum absolute atomic E-state index is 0.00934. The molecule has 0 aliphatic rings. The molecule has 0 rings (SSSR count). The van der Waals surface area contributed by atoms with E-state index < -0.39 is 26.6 Å². The van der Waals surface area contributed by atoms with Crippen molar-refractivity contribution in [2.45, 2.75) is 276 Å². The summed E-state index contributed by atoms with van der Waals surface area (Å²) in [6.07, 6.45) is 68.9. The lowest BCUT2D eigenvalue weighted by Gasteiger charge is -2.29. The molecule has 0 fully saturated rings. The molecule has 8 nitrogen and oxygen atoms in total. The summed E-state index contributed by atoms with van der Waals surface area (Å²) < 4.78 is 23.3. The Balaban J connectivity index is 4.04. The Bertz CT molecular complexity index is 1310. The van der Waals surface area contributed by atoms with Gasteiger partial charge in [-0.15, -0.1) is 0 Å². The lowest BCUT2D eigenvalue weighted by molar-refractivity contribution is -0.870. The molecular weight excluding hydrogens is 876 g/mol. The summed E-state index contributed by atoms with van der Waals surface area (Å²) >= 11 is 0. The van der Waals surface area contributed by atoms with Gasteiger partial charge < -0.3 is 28.8 Å². The second-order valence-corrected chi connectivity index (χ2v) is 22.4. The van der Waals surface area contributed by atoms with Crippen LogP contribution in [0.1, 0.15) is 264 Å². The predicted octanol–water partition coefficient (Wildman–Crippen LogP) is 17.1. The van der Waals surface area contributed by atoms with Crippen molar-refractivity contribution in [1.82, 2.24) is 5.32 Å². The molecule has 0 spiro atoms. The van der Waals surface area contributed by atoms with Gasteiger partial charge in [0.2, 0.25) is 5.91 Å². The van der Waals surface area contributed by atoms with Crippen LogP contribution in [0, 0.1) is 0 Å². The first-order chi connectivity index (χ1) is 33.5. The average molecular weight is 990 g/mol. The summed E-state index contributed by atoms with van der Waals surface area (Å²) in [6, 6.07) is -0.909. The van der Waals surface area contributed by atoms with Crippen molar-refractivity contribution in [2.24, 2.45) is 0 Å².